The minimum absolute atomic E-state index is 0.0847. The van der Waals surface area contributed by atoms with Crippen LogP contribution in [0.2, 0.25) is 0 Å². The standard InChI is InChI=1S/C29H32N3OP/c33-29(25-12-10-19-31-24-25)32-22-21-30-20-11-23-34(26-13-4-1-5-14-26,27-15-6-2-7-16-27)28-17-8-3-9-18-28/h1-10,12-19,24,30,34H,11,20-23H2,(H,32,33). The quantitative estimate of drug-likeness (QED) is 0.261. The van der Waals surface area contributed by atoms with E-state index in [2.05, 4.69) is 107 Å². The van der Waals surface area contributed by atoms with E-state index in [0.29, 0.717) is 12.1 Å². The minimum atomic E-state index is -2.17. The molecular formula is C29H32N3OP. The van der Waals surface area contributed by atoms with Gasteiger partial charge in [0.2, 0.25) is 0 Å². The molecule has 1 aromatic heterocycles. The first-order valence-corrected chi connectivity index (χ1v) is 14.1. The average Bonchev–Trinajstić information content (AvgIpc) is 2.92. The molecule has 0 bridgehead atoms. The molecule has 4 aromatic rings. The molecule has 1 heterocycles. The molecule has 0 unspecified atom stereocenters. The van der Waals surface area contributed by atoms with Crippen LogP contribution >= 0.6 is 7.26 Å². The Labute approximate surface area is 202 Å². The van der Waals surface area contributed by atoms with Gasteiger partial charge in [-0.2, -0.15) is 0 Å². The molecule has 3 aromatic carbocycles. The molecular weight excluding hydrogens is 437 g/mol. The topological polar surface area (TPSA) is 54.0 Å². The fraction of sp³-hybridized carbons (Fsp3) is 0.172. The number of nitrogens with one attached hydrogen (secondary N) is 2. The van der Waals surface area contributed by atoms with Crippen LogP contribution in [0.1, 0.15) is 16.8 Å². The van der Waals surface area contributed by atoms with Crippen molar-refractivity contribution in [1.29, 1.82) is 0 Å². The summed E-state index contributed by atoms with van der Waals surface area (Å²) in [4.78, 5) is 16.2. The Morgan fingerprint density at radius 2 is 1.24 bits per heavy atom. The number of rotatable bonds is 11. The zero-order valence-electron chi connectivity index (χ0n) is 19.4. The zero-order chi connectivity index (χ0) is 23.5. The number of amides is 1. The third-order valence-electron chi connectivity index (χ3n) is 6.22. The maximum absolute atomic E-state index is 12.2. The molecule has 4 rings (SSSR count). The molecule has 174 valence electrons. The average molecular weight is 470 g/mol. The van der Waals surface area contributed by atoms with Gasteiger partial charge in [-0.15, -0.1) is 0 Å². The summed E-state index contributed by atoms with van der Waals surface area (Å²) < 4.78 is 0. The van der Waals surface area contributed by atoms with Crippen LogP contribution < -0.4 is 26.5 Å². The van der Waals surface area contributed by atoms with Gasteiger partial charge in [-0.05, 0) is 0 Å². The van der Waals surface area contributed by atoms with Crippen LogP contribution in [-0.2, 0) is 0 Å². The van der Waals surface area contributed by atoms with Crippen LogP contribution in [0.5, 0.6) is 0 Å². The molecule has 0 atom stereocenters. The Morgan fingerprint density at radius 3 is 1.74 bits per heavy atom. The fourth-order valence-electron chi connectivity index (χ4n) is 4.57. The molecule has 0 aliphatic heterocycles. The van der Waals surface area contributed by atoms with E-state index in [4.69, 9.17) is 0 Å². The van der Waals surface area contributed by atoms with Gasteiger partial charge in [-0.25, -0.2) is 0 Å². The fourth-order valence-corrected chi connectivity index (χ4v) is 9.43. The molecule has 1 amide bonds. The Hall–Kier alpha value is -3.33. The van der Waals surface area contributed by atoms with Crippen LogP contribution in [0.4, 0.5) is 0 Å². The Balaban J connectivity index is 1.42. The molecule has 0 radical (unpaired) electrons. The van der Waals surface area contributed by atoms with Crippen LogP contribution in [0.25, 0.3) is 0 Å². The van der Waals surface area contributed by atoms with Crippen LogP contribution in [0.3, 0.4) is 0 Å². The summed E-state index contributed by atoms with van der Waals surface area (Å²) in [6, 6.07) is 36.6. The molecule has 0 aliphatic rings. The van der Waals surface area contributed by atoms with Crippen LogP contribution in [0.15, 0.2) is 116 Å². The number of carbonyl (C=O) groups excluding carboxylic acids is 1. The number of hydrogen-bond acceptors (Lipinski definition) is 3. The Bertz CT molecular complexity index is 1040. The SMILES string of the molecule is O=C(NCCNCCC[PH](c1ccccc1)(c1ccccc1)c1ccccc1)c1cccnc1. The number of pyridine rings is 1. The molecule has 34 heavy (non-hydrogen) atoms. The van der Waals surface area contributed by atoms with E-state index in [1.165, 1.54) is 15.9 Å². The van der Waals surface area contributed by atoms with Crippen molar-refractivity contribution in [2.75, 3.05) is 25.8 Å². The second kappa shape index (κ2) is 12.2. The predicted octanol–water partition coefficient (Wildman–Crippen LogP) is 3.52. The van der Waals surface area contributed by atoms with Crippen molar-refractivity contribution in [3.8, 4) is 0 Å². The van der Waals surface area contributed by atoms with Gasteiger partial charge in [0.05, 0.1) is 0 Å². The number of carbonyl (C=O) groups is 1. The van der Waals surface area contributed by atoms with Crippen molar-refractivity contribution in [2.45, 2.75) is 6.42 Å². The van der Waals surface area contributed by atoms with E-state index < -0.39 is 7.26 Å². The zero-order valence-corrected chi connectivity index (χ0v) is 20.4. The first kappa shape index (κ1) is 23.8. The number of benzene rings is 3. The monoisotopic (exact) mass is 469 g/mol. The van der Waals surface area contributed by atoms with Crippen LogP contribution in [-0.4, -0.2) is 36.7 Å². The summed E-state index contributed by atoms with van der Waals surface area (Å²) in [5, 5.41) is 10.8. The summed E-state index contributed by atoms with van der Waals surface area (Å²) >= 11 is 0. The van der Waals surface area contributed by atoms with E-state index in [1.807, 2.05) is 0 Å². The van der Waals surface area contributed by atoms with Crippen molar-refractivity contribution < 1.29 is 4.79 Å². The van der Waals surface area contributed by atoms with Gasteiger partial charge >= 0.3 is 203 Å². The van der Waals surface area contributed by atoms with E-state index in [0.717, 1.165) is 25.7 Å². The van der Waals surface area contributed by atoms with Gasteiger partial charge in [-0.3, -0.25) is 0 Å². The van der Waals surface area contributed by atoms with E-state index in [9.17, 15) is 4.79 Å². The summed E-state index contributed by atoms with van der Waals surface area (Å²) in [6.45, 7) is 2.24. The van der Waals surface area contributed by atoms with Crippen molar-refractivity contribution in [3.05, 3.63) is 121 Å². The van der Waals surface area contributed by atoms with E-state index >= 15 is 0 Å². The normalized spacial score (nSPS) is 11.6. The van der Waals surface area contributed by atoms with Gasteiger partial charge in [0.1, 0.15) is 0 Å². The molecule has 0 fully saturated rings. The third kappa shape index (κ3) is 5.77. The second-order valence-electron chi connectivity index (χ2n) is 8.35. The molecule has 0 saturated heterocycles. The molecule has 0 saturated carbocycles. The van der Waals surface area contributed by atoms with Crippen LogP contribution in [0, 0.1) is 0 Å². The summed E-state index contributed by atoms with van der Waals surface area (Å²) in [6.07, 6.45) is 5.42. The number of hydrogen-bond donors (Lipinski definition) is 2. The molecule has 0 aliphatic carbocycles. The molecule has 2 N–H and O–H groups in total. The Kier molecular flexibility index (Phi) is 8.56. The van der Waals surface area contributed by atoms with Crippen molar-refractivity contribution >= 4 is 29.1 Å². The maximum atomic E-state index is 12.2. The summed E-state index contributed by atoms with van der Waals surface area (Å²) in [7, 11) is -2.17. The van der Waals surface area contributed by atoms with Gasteiger partial charge < -0.3 is 0 Å². The van der Waals surface area contributed by atoms with E-state index in [1.54, 1.807) is 24.5 Å². The van der Waals surface area contributed by atoms with Crippen molar-refractivity contribution in [2.24, 2.45) is 0 Å². The molecule has 4 nitrogen and oxygen atoms in total. The predicted molar refractivity (Wildman–Crippen MR) is 145 cm³/mol. The first-order chi connectivity index (χ1) is 16.8. The first-order valence-electron chi connectivity index (χ1n) is 11.9. The summed E-state index contributed by atoms with van der Waals surface area (Å²) in [5.74, 6) is -0.0847. The van der Waals surface area contributed by atoms with Gasteiger partial charge in [0, 0.05) is 0 Å². The van der Waals surface area contributed by atoms with Gasteiger partial charge in [-0.1, -0.05) is 0 Å². The van der Waals surface area contributed by atoms with Gasteiger partial charge in [0.15, 0.2) is 0 Å². The third-order valence-corrected chi connectivity index (χ3v) is 11.3. The van der Waals surface area contributed by atoms with Crippen molar-refractivity contribution in [3.63, 3.8) is 0 Å². The van der Waals surface area contributed by atoms with Crippen molar-refractivity contribution in [1.82, 2.24) is 15.6 Å². The summed E-state index contributed by atoms with van der Waals surface area (Å²) in [5.41, 5.74) is 0.590. The molecule has 0 spiro atoms. The molecule has 5 heteroatoms. The second-order valence-corrected chi connectivity index (χ2v) is 12.4. The number of nitrogens with zero attached hydrogens (tertiary/aromatic N) is 1. The Morgan fingerprint density at radius 1 is 0.676 bits per heavy atom. The van der Waals surface area contributed by atoms with E-state index in [-0.39, 0.29) is 5.91 Å². The number of aromatic nitrogens is 1. The van der Waals surface area contributed by atoms with Gasteiger partial charge in [0.25, 0.3) is 0 Å².